The van der Waals surface area contributed by atoms with E-state index in [1.807, 2.05) is 25.1 Å². The Bertz CT molecular complexity index is 856. The lowest BCUT2D eigenvalue weighted by molar-refractivity contribution is -0.159. The molecule has 0 bridgehead atoms. The van der Waals surface area contributed by atoms with Gasteiger partial charge in [-0.3, -0.25) is 4.90 Å². The third-order valence-electron chi connectivity index (χ3n) is 6.01. The Balaban J connectivity index is 0.000000852. The Morgan fingerprint density at radius 1 is 0.971 bits per heavy atom. The van der Waals surface area contributed by atoms with Crippen LogP contribution in [0.4, 0.5) is 0 Å². The maximum absolute atomic E-state index is 11.6. The van der Waals surface area contributed by atoms with Crippen molar-refractivity contribution in [1.29, 1.82) is 0 Å². The zero-order valence-corrected chi connectivity index (χ0v) is 20.6. The minimum Gasteiger partial charge on any atom is -0.497 e. The summed E-state index contributed by atoms with van der Waals surface area (Å²) in [5.74, 6) is -2.70. The maximum Gasteiger partial charge on any atom is 0.414 e. The zero-order valence-electron chi connectivity index (χ0n) is 20.6. The van der Waals surface area contributed by atoms with Crippen LogP contribution in [-0.2, 0) is 27.3 Å². The molecule has 2 aromatic rings. The molecule has 3 N–H and O–H groups in total. The second-order valence-corrected chi connectivity index (χ2v) is 8.49. The average molecular weight is 476 g/mol. The van der Waals surface area contributed by atoms with E-state index in [2.05, 4.69) is 55.3 Å². The van der Waals surface area contributed by atoms with E-state index in [4.69, 9.17) is 29.3 Å². The van der Waals surface area contributed by atoms with Crippen molar-refractivity contribution in [3.8, 4) is 5.75 Å². The second-order valence-electron chi connectivity index (χ2n) is 8.49. The lowest BCUT2D eigenvalue weighted by Crippen LogP contribution is -2.54. The number of nitrogens with zero attached hydrogens (tertiary/aromatic N) is 1. The van der Waals surface area contributed by atoms with Crippen molar-refractivity contribution in [3.63, 3.8) is 0 Å². The van der Waals surface area contributed by atoms with Gasteiger partial charge in [-0.25, -0.2) is 9.59 Å². The Hall–Kier alpha value is -2.94. The van der Waals surface area contributed by atoms with Crippen LogP contribution in [0.3, 0.4) is 0 Å². The number of aliphatic carboxylic acids is 2. The number of ether oxygens (including phenoxy) is 2. The third-order valence-corrected chi connectivity index (χ3v) is 6.01. The molecule has 0 saturated carbocycles. The number of carbonyl (C=O) groups is 2. The van der Waals surface area contributed by atoms with Crippen molar-refractivity contribution in [2.75, 3.05) is 27.9 Å². The topological polar surface area (TPSA) is 117 Å². The molecule has 0 spiro atoms. The summed E-state index contributed by atoms with van der Waals surface area (Å²) in [5, 5.41) is 26.3. The molecule has 0 aliphatic heterocycles. The van der Waals surface area contributed by atoms with E-state index in [-0.39, 0.29) is 12.0 Å². The van der Waals surface area contributed by atoms with Crippen LogP contribution >= 0.6 is 0 Å². The van der Waals surface area contributed by atoms with Crippen molar-refractivity contribution in [2.45, 2.75) is 44.9 Å². The fraction of sp³-hybridized carbons (Fsp3) is 0.462. The van der Waals surface area contributed by atoms with Crippen molar-refractivity contribution in [2.24, 2.45) is 5.92 Å². The highest BCUT2D eigenvalue weighted by Gasteiger charge is 2.39. The molecule has 0 aliphatic rings. The summed E-state index contributed by atoms with van der Waals surface area (Å²) in [6.45, 7) is 5.50. The van der Waals surface area contributed by atoms with Crippen LogP contribution in [0.2, 0.25) is 0 Å². The molecule has 3 unspecified atom stereocenters. The smallest absolute Gasteiger partial charge is 0.414 e. The summed E-state index contributed by atoms with van der Waals surface area (Å²) in [6.07, 6.45) is 1.58. The van der Waals surface area contributed by atoms with Gasteiger partial charge in [0.25, 0.3) is 0 Å². The minimum absolute atomic E-state index is 0.0343. The number of methoxy groups -OCH3 is 2. The fourth-order valence-corrected chi connectivity index (χ4v) is 3.69. The molecule has 3 atom stereocenters. The Labute approximate surface area is 201 Å². The van der Waals surface area contributed by atoms with Crippen LogP contribution in [0.15, 0.2) is 54.6 Å². The van der Waals surface area contributed by atoms with E-state index in [1.165, 1.54) is 11.1 Å². The van der Waals surface area contributed by atoms with Gasteiger partial charge in [-0.1, -0.05) is 49.4 Å². The molecular formula is C26H37NO7. The number of carboxylic acid groups (broad SMARTS) is 2. The number of benzene rings is 2. The third kappa shape index (κ3) is 9.51. The number of hydrogen-bond donors (Lipinski definition) is 3. The van der Waals surface area contributed by atoms with Gasteiger partial charge < -0.3 is 24.8 Å². The van der Waals surface area contributed by atoms with Crippen LogP contribution in [0, 0.1) is 5.92 Å². The second kappa shape index (κ2) is 14.3. The van der Waals surface area contributed by atoms with Crippen LogP contribution in [0.5, 0.6) is 5.75 Å². The monoisotopic (exact) mass is 475 g/mol. The molecule has 0 saturated heterocycles. The number of aliphatic hydroxyl groups is 1. The Morgan fingerprint density at radius 3 is 2.00 bits per heavy atom. The van der Waals surface area contributed by atoms with Crippen molar-refractivity contribution in [3.05, 3.63) is 65.7 Å². The molecule has 0 radical (unpaired) electrons. The van der Waals surface area contributed by atoms with Crippen LogP contribution < -0.4 is 4.74 Å². The van der Waals surface area contributed by atoms with Gasteiger partial charge in [-0.15, -0.1) is 0 Å². The molecule has 188 valence electrons. The van der Waals surface area contributed by atoms with Gasteiger partial charge in [0.05, 0.1) is 12.7 Å². The van der Waals surface area contributed by atoms with E-state index in [0.29, 0.717) is 6.61 Å². The summed E-state index contributed by atoms with van der Waals surface area (Å²) >= 11 is 0. The summed E-state index contributed by atoms with van der Waals surface area (Å²) in [4.78, 5) is 20.5. The summed E-state index contributed by atoms with van der Waals surface area (Å²) in [5.41, 5.74) is 1.57. The van der Waals surface area contributed by atoms with E-state index >= 15 is 0 Å². The molecule has 8 nitrogen and oxygen atoms in total. The molecule has 0 fully saturated rings. The molecular weight excluding hydrogens is 438 g/mol. The molecule has 8 heteroatoms. The van der Waals surface area contributed by atoms with Crippen molar-refractivity contribution in [1.82, 2.24) is 4.90 Å². The van der Waals surface area contributed by atoms with Gasteiger partial charge in [0.2, 0.25) is 0 Å². The van der Waals surface area contributed by atoms with E-state index in [0.717, 1.165) is 25.1 Å². The van der Waals surface area contributed by atoms with E-state index < -0.39 is 17.5 Å². The summed E-state index contributed by atoms with van der Waals surface area (Å²) in [6, 6.07) is 18.5. The van der Waals surface area contributed by atoms with Crippen LogP contribution in [-0.4, -0.2) is 71.7 Å². The minimum atomic E-state index is -1.82. The number of likely N-dealkylation sites (N-methyl/N-ethyl adjacent to an activating group) is 1. The van der Waals surface area contributed by atoms with Gasteiger partial charge in [-0.2, -0.15) is 0 Å². The normalized spacial score (nSPS) is 14.3. The SMILES string of the molecule is COCCC(C)C(C)(O)C(Cc1ccc(OC)cc1)N(C)Cc1ccccc1.O=C(O)C(=O)O. The lowest BCUT2D eigenvalue weighted by atomic mass is 9.78. The first kappa shape index (κ1) is 29.1. The molecule has 2 rings (SSSR count). The molecule has 0 heterocycles. The standard InChI is InChI=1S/C24H35NO3.C2H2O4/c1-19(15-16-27-4)24(2,26)23(17-20-11-13-22(28-5)14-12-20)25(3)18-21-9-7-6-8-10-21;3-1(4)2(5)6/h6-14,19,23,26H,15-18H2,1-5H3;(H,3,4)(H,5,6). The molecule has 0 amide bonds. The highest BCUT2D eigenvalue weighted by Crippen LogP contribution is 2.30. The average Bonchev–Trinajstić information content (AvgIpc) is 2.82. The summed E-state index contributed by atoms with van der Waals surface area (Å²) < 4.78 is 10.5. The predicted octanol–water partition coefficient (Wildman–Crippen LogP) is 3.32. The van der Waals surface area contributed by atoms with Gasteiger partial charge in [0.15, 0.2) is 0 Å². The maximum atomic E-state index is 11.6. The molecule has 0 aliphatic carbocycles. The van der Waals surface area contributed by atoms with E-state index in [1.54, 1.807) is 14.2 Å². The fourth-order valence-electron chi connectivity index (χ4n) is 3.69. The zero-order chi connectivity index (χ0) is 25.7. The summed E-state index contributed by atoms with van der Waals surface area (Å²) in [7, 11) is 5.48. The van der Waals surface area contributed by atoms with Gasteiger partial charge in [0.1, 0.15) is 5.75 Å². The highest BCUT2D eigenvalue weighted by molar-refractivity contribution is 6.27. The first-order valence-corrected chi connectivity index (χ1v) is 11.1. The van der Waals surface area contributed by atoms with Crippen molar-refractivity contribution >= 4 is 11.9 Å². The number of hydrogen-bond acceptors (Lipinski definition) is 6. The van der Waals surface area contributed by atoms with Crippen LogP contribution in [0.25, 0.3) is 0 Å². The highest BCUT2D eigenvalue weighted by atomic mass is 16.5. The van der Waals surface area contributed by atoms with Gasteiger partial charge in [0, 0.05) is 26.3 Å². The molecule has 0 aromatic heterocycles. The quantitative estimate of drug-likeness (QED) is 0.424. The first-order chi connectivity index (χ1) is 16.0. The number of rotatable bonds is 11. The molecule has 2 aromatic carbocycles. The Morgan fingerprint density at radius 2 is 1.53 bits per heavy atom. The van der Waals surface area contributed by atoms with Crippen LogP contribution in [0.1, 0.15) is 31.4 Å². The van der Waals surface area contributed by atoms with Gasteiger partial charge in [-0.05, 0) is 56.0 Å². The lowest BCUT2D eigenvalue weighted by Gasteiger charge is -2.43. The van der Waals surface area contributed by atoms with Gasteiger partial charge >= 0.3 is 11.9 Å². The number of carboxylic acids is 2. The predicted molar refractivity (Wildman–Crippen MR) is 130 cm³/mol. The Kier molecular flexibility index (Phi) is 12.3. The molecule has 34 heavy (non-hydrogen) atoms. The van der Waals surface area contributed by atoms with E-state index in [9.17, 15) is 5.11 Å². The largest absolute Gasteiger partial charge is 0.497 e. The van der Waals surface area contributed by atoms with Crippen molar-refractivity contribution < 1.29 is 34.4 Å². The first-order valence-electron chi connectivity index (χ1n) is 11.1.